The van der Waals surface area contributed by atoms with Crippen LogP contribution in [0.1, 0.15) is 24.5 Å². The summed E-state index contributed by atoms with van der Waals surface area (Å²) in [4.78, 5) is 10.7. The van der Waals surface area contributed by atoms with Crippen LogP contribution in [-0.2, 0) is 0 Å². The van der Waals surface area contributed by atoms with Gasteiger partial charge in [-0.2, -0.15) is 0 Å². The highest BCUT2D eigenvalue weighted by Gasteiger charge is 2.34. The largest absolute Gasteiger partial charge is 0.297 e. The smallest absolute Gasteiger partial charge is 0.294 e. The first-order valence-corrected chi connectivity index (χ1v) is 6.13. The van der Waals surface area contributed by atoms with Crippen molar-refractivity contribution in [3.05, 3.63) is 68.4 Å². The number of fused-ring (bicyclic) bond motifs is 3. The standard InChI is InChI=1S/C15H12N2O2/c1-2-9-7-12-11-6-4-3-5-10(11)8-13(12)14(16)15(9)17(18)19/h3-8,16H,2H2,1H3. The van der Waals surface area contributed by atoms with E-state index >= 15 is 0 Å². The van der Waals surface area contributed by atoms with Crippen LogP contribution in [0.3, 0.4) is 0 Å². The zero-order chi connectivity index (χ0) is 13.6. The van der Waals surface area contributed by atoms with Gasteiger partial charge < -0.3 is 0 Å². The maximum Gasteiger partial charge on any atom is 0.297 e. The topological polar surface area (TPSA) is 67.0 Å². The summed E-state index contributed by atoms with van der Waals surface area (Å²) in [6.07, 6.45) is 4.27. The first kappa shape index (κ1) is 11.6. The van der Waals surface area contributed by atoms with Crippen LogP contribution in [-0.4, -0.2) is 10.6 Å². The molecule has 0 unspecified atom stereocenters. The molecule has 0 radical (unpaired) electrons. The molecule has 0 atom stereocenters. The third-order valence-electron chi connectivity index (χ3n) is 3.53. The Hall–Kier alpha value is -2.49. The Morgan fingerprint density at radius 1 is 1.21 bits per heavy atom. The monoisotopic (exact) mass is 252 g/mol. The number of hydrogen-bond acceptors (Lipinski definition) is 3. The summed E-state index contributed by atoms with van der Waals surface area (Å²) < 4.78 is 0. The molecule has 0 aliphatic heterocycles. The lowest BCUT2D eigenvalue weighted by atomic mass is 9.88. The number of hydrogen-bond donors (Lipinski definition) is 1. The van der Waals surface area contributed by atoms with Crippen LogP contribution in [0.15, 0.2) is 47.2 Å². The van der Waals surface area contributed by atoms with Crippen LogP contribution in [0.5, 0.6) is 0 Å². The van der Waals surface area contributed by atoms with Gasteiger partial charge in [0.25, 0.3) is 5.70 Å². The third-order valence-corrected chi connectivity index (χ3v) is 3.53. The molecule has 3 rings (SSSR count). The number of nitrogens with one attached hydrogen (secondary N) is 1. The average Bonchev–Trinajstić information content (AvgIpc) is 2.77. The molecule has 1 aromatic rings. The van der Waals surface area contributed by atoms with E-state index in [4.69, 9.17) is 5.41 Å². The molecule has 0 saturated heterocycles. The van der Waals surface area contributed by atoms with Crippen molar-refractivity contribution in [2.45, 2.75) is 13.3 Å². The van der Waals surface area contributed by atoms with Gasteiger partial charge in [0.05, 0.1) is 4.92 Å². The number of allylic oxidation sites excluding steroid dienone is 4. The lowest BCUT2D eigenvalue weighted by Gasteiger charge is -2.15. The minimum Gasteiger partial charge on any atom is -0.294 e. The third kappa shape index (κ3) is 1.57. The Morgan fingerprint density at radius 3 is 2.63 bits per heavy atom. The molecule has 0 bridgehead atoms. The molecule has 0 heterocycles. The molecule has 4 nitrogen and oxygen atoms in total. The quantitative estimate of drug-likeness (QED) is 0.647. The highest BCUT2D eigenvalue weighted by atomic mass is 16.6. The van der Waals surface area contributed by atoms with Crippen molar-refractivity contribution in [3.8, 4) is 0 Å². The number of benzene rings is 1. The summed E-state index contributed by atoms with van der Waals surface area (Å²) in [5.41, 5.74) is 4.25. The van der Waals surface area contributed by atoms with Crippen molar-refractivity contribution in [3.63, 3.8) is 0 Å². The van der Waals surface area contributed by atoms with Crippen molar-refractivity contribution >= 4 is 17.4 Å². The van der Waals surface area contributed by atoms with E-state index in [1.54, 1.807) is 0 Å². The average molecular weight is 252 g/mol. The summed E-state index contributed by atoms with van der Waals surface area (Å²) in [5.74, 6) is 0. The van der Waals surface area contributed by atoms with Crippen LogP contribution in [0.4, 0.5) is 0 Å². The molecular formula is C15H12N2O2. The van der Waals surface area contributed by atoms with Crippen molar-refractivity contribution in [1.82, 2.24) is 0 Å². The lowest BCUT2D eigenvalue weighted by Crippen LogP contribution is -2.18. The van der Waals surface area contributed by atoms with E-state index in [-0.39, 0.29) is 11.4 Å². The Kier molecular flexibility index (Phi) is 2.45. The van der Waals surface area contributed by atoms with Crippen LogP contribution in [0.25, 0.3) is 11.6 Å². The fourth-order valence-corrected chi connectivity index (χ4v) is 2.62. The molecule has 0 saturated carbocycles. The van der Waals surface area contributed by atoms with Gasteiger partial charge in [0.1, 0.15) is 5.71 Å². The van der Waals surface area contributed by atoms with Crippen molar-refractivity contribution in [2.75, 3.05) is 0 Å². The summed E-state index contributed by atoms with van der Waals surface area (Å²) >= 11 is 0. The van der Waals surface area contributed by atoms with Gasteiger partial charge in [-0.3, -0.25) is 15.5 Å². The summed E-state index contributed by atoms with van der Waals surface area (Å²) in [7, 11) is 0. The normalized spacial score (nSPS) is 16.8. The number of rotatable bonds is 2. The highest BCUT2D eigenvalue weighted by Crippen LogP contribution is 2.41. The second-order valence-electron chi connectivity index (χ2n) is 4.56. The maximum absolute atomic E-state index is 11.1. The van der Waals surface area contributed by atoms with Gasteiger partial charge in [0, 0.05) is 11.1 Å². The minimum absolute atomic E-state index is 0.0237. The predicted molar refractivity (Wildman–Crippen MR) is 74.4 cm³/mol. The van der Waals surface area contributed by atoms with Crippen LogP contribution < -0.4 is 0 Å². The molecule has 0 spiro atoms. The zero-order valence-corrected chi connectivity index (χ0v) is 10.4. The van der Waals surface area contributed by atoms with E-state index in [0.29, 0.717) is 17.6 Å². The van der Waals surface area contributed by atoms with Gasteiger partial charge in [-0.05, 0) is 35.3 Å². The first-order valence-electron chi connectivity index (χ1n) is 6.13. The fourth-order valence-electron chi connectivity index (χ4n) is 2.62. The van der Waals surface area contributed by atoms with Crippen LogP contribution >= 0.6 is 0 Å². The van der Waals surface area contributed by atoms with Crippen molar-refractivity contribution in [1.29, 1.82) is 5.41 Å². The molecule has 94 valence electrons. The van der Waals surface area contributed by atoms with E-state index < -0.39 is 4.92 Å². The summed E-state index contributed by atoms with van der Waals surface area (Å²) in [6, 6.07) is 7.83. The molecule has 19 heavy (non-hydrogen) atoms. The Labute approximate surface area is 110 Å². The van der Waals surface area contributed by atoms with Crippen molar-refractivity contribution in [2.24, 2.45) is 0 Å². The maximum atomic E-state index is 11.1. The SMILES string of the molecule is CCC1=C([N+](=O)[O-])C(=N)C2=Cc3ccccc3C2=C1. The highest BCUT2D eigenvalue weighted by molar-refractivity contribution is 6.26. The molecule has 0 fully saturated rings. The fraction of sp³-hybridized carbons (Fsp3) is 0.133. The summed E-state index contributed by atoms with van der Waals surface area (Å²) in [5, 5.41) is 19.3. The van der Waals surface area contributed by atoms with Gasteiger partial charge in [-0.15, -0.1) is 0 Å². The zero-order valence-electron chi connectivity index (χ0n) is 10.4. The summed E-state index contributed by atoms with van der Waals surface area (Å²) in [6.45, 7) is 1.87. The predicted octanol–water partition coefficient (Wildman–Crippen LogP) is 3.44. The molecule has 0 aromatic heterocycles. The molecule has 0 amide bonds. The van der Waals surface area contributed by atoms with E-state index in [9.17, 15) is 10.1 Å². The molecule has 2 aliphatic rings. The van der Waals surface area contributed by atoms with E-state index in [1.807, 2.05) is 43.3 Å². The van der Waals surface area contributed by atoms with Gasteiger partial charge in [0.2, 0.25) is 0 Å². The van der Waals surface area contributed by atoms with Crippen LogP contribution in [0, 0.1) is 15.5 Å². The molecule has 1 N–H and O–H groups in total. The Balaban J connectivity index is 2.25. The number of nitrogens with zero attached hydrogens (tertiary/aromatic N) is 1. The molecule has 2 aliphatic carbocycles. The Morgan fingerprint density at radius 2 is 1.95 bits per heavy atom. The van der Waals surface area contributed by atoms with Gasteiger partial charge in [-0.25, -0.2) is 0 Å². The number of nitro groups is 1. The molecular weight excluding hydrogens is 240 g/mol. The minimum atomic E-state index is -0.446. The second-order valence-corrected chi connectivity index (χ2v) is 4.56. The van der Waals surface area contributed by atoms with Crippen LogP contribution in [0.2, 0.25) is 0 Å². The Bertz CT molecular complexity index is 709. The van der Waals surface area contributed by atoms with E-state index in [0.717, 1.165) is 16.7 Å². The van der Waals surface area contributed by atoms with E-state index in [2.05, 4.69) is 0 Å². The van der Waals surface area contributed by atoms with E-state index in [1.165, 1.54) is 0 Å². The van der Waals surface area contributed by atoms with Gasteiger partial charge >= 0.3 is 0 Å². The molecule has 4 heteroatoms. The van der Waals surface area contributed by atoms with Gasteiger partial charge in [-0.1, -0.05) is 31.2 Å². The molecule has 1 aromatic carbocycles. The lowest BCUT2D eigenvalue weighted by molar-refractivity contribution is -0.416. The second kappa shape index (κ2) is 4.02. The first-order chi connectivity index (χ1) is 9.13. The van der Waals surface area contributed by atoms with Crippen molar-refractivity contribution < 1.29 is 4.92 Å². The van der Waals surface area contributed by atoms with Gasteiger partial charge in [0.15, 0.2) is 0 Å².